The third-order valence-corrected chi connectivity index (χ3v) is 1.74. The zero-order chi connectivity index (χ0) is 13.0. The second kappa shape index (κ2) is 15.5. The van der Waals surface area contributed by atoms with Crippen molar-refractivity contribution in [1.29, 1.82) is 0 Å². The van der Waals surface area contributed by atoms with Gasteiger partial charge in [0.15, 0.2) is 5.78 Å². The lowest BCUT2D eigenvalue weighted by atomic mass is 10.1. The maximum atomic E-state index is 11.3. The van der Waals surface area contributed by atoms with Gasteiger partial charge in [-0.05, 0) is 50.5 Å². The molecular formula is C11H17BrN2OS2. The van der Waals surface area contributed by atoms with Crippen LogP contribution in [0.4, 0.5) is 0 Å². The third kappa shape index (κ3) is 11.7. The Hall–Kier alpha value is -0.520. The molecule has 17 heavy (non-hydrogen) atoms. The maximum absolute atomic E-state index is 11.3. The quantitative estimate of drug-likeness (QED) is 0.510. The second-order valence-corrected chi connectivity index (χ2v) is 4.34. The Morgan fingerprint density at radius 3 is 2.06 bits per heavy atom. The predicted octanol–water partition coefficient (Wildman–Crippen LogP) is 3.28. The number of nitrogens with zero attached hydrogens (tertiary/aromatic N) is 1. The van der Waals surface area contributed by atoms with Gasteiger partial charge in [0.2, 0.25) is 0 Å². The summed E-state index contributed by atoms with van der Waals surface area (Å²) in [6, 6.07) is 3.42. The Kier molecular flexibility index (Phi) is 19.8. The van der Waals surface area contributed by atoms with E-state index in [1.807, 2.05) is 11.2 Å². The van der Waals surface area contributed by atoms with Crippen LogP contribution < -0.4 is 5.73 Å². The molecule has 1 atom stereocenters. The molecule has 0 aromatic carbocycles. The summed E-state index contributed by atoms with van der Waals surface area (Å²) >= 11 is 11.1. The smallest absolute Gasteiger partial charge is 0.176 e. The summed E-state index contributed by atoms with van der Waals surface area (Å²) < 4.78 is 1.92. The van der Waals surface area contributed by atoms with Crippen molar-refractivity contribution < 1.29 is 4.79 Å². The molecule has 2 N–H and O–H groups in total. The van der Waals surface area contributed by atoms with Crippen LogP contribution in [0.5, 0.6) is 0 Å². The van der Waals surface area contributed by atoms with Gasteiger partial charge in [-0.15, -0.1) is 0 Å². The summed E-state index contributed by atoms with van der Waals surface area (Å²) in [4.78, 5) is 15.0. The van der Waals surface area contributed by atoms with E-state index in [0.29, 0.717) is 5.56 Å². The van der Waals surface area contributed by atoms with E-state index in [9.17, 15) is 4.79 Å². The van der Waals surface area contributed by atoms with Gasteiger partial charge in [-0.2, -0.15) is 0 Å². The number of nitrogens with two attached hydrogens (primary N) is 1. The Balaban J connectivity index is -0.000000286. The van der Waals surface area contributed by atoms with E-state index >= 15 is 0 Å². The first-order chi connectivity index (χ1) is 7.63. The van der Waals surface area contributed by atoms with E-state index < -0.39 is 0 Å². The Morgan fingerprint density at radius 1 is 1.41 bits per heavy atom. The van der Waals surface area contributed by atoms with Gasteiger partial charge in [-0.1, -0.05) is 23.4 Å². The summed E-state index contributed by atoms with van der Waals surface area (Å²) in [6.45, 7) is 1.81. The van der Waals surface area contributed by atoms with Gasteiger partial charge >= 0.3 is 0 Å². The molecule has 1 rings (SSSR count). The van der Waals surface area contributed by atoms with Crippen molar-refractivity contribution in [2.45, 2.75) is 19.2 Å². The molecule has 0 aliphatic heterocycles. The van der Waals surface area contributed by atoms with Gasteiger partial charge < -0.3 is 5.73 Å². The van der Waals surface area contributed by atoms with Gasteiger partial charge in [0.05, 0.1) is 4.83 Å². The SMILES string of the molecule is C.CC(Br)C(=O)c1ccncc1.CN.S=C=S. The van der Waals surface area contributed by atoms with Gasteiger partial charge in [0, 0.05) is 22.3 Å². The fourth-order valence-electron chi connectivity index (χ4n) is 0.746. The topological polar surface area (TPSA) is 56.0 Å². The lowest BCUT2D eigenvalue weighted by molar-refractivity contribution is 0.0995. The molecule has 3 nitrogen and oxygen atoms in total. The monoisotopic (exact) mass is 336 g/mol. The van der Waals surface area contributed by atoms with E-state index in [-0.39, 0.29) is 18.0 Å². The lowest BCUT2D eigenvalue weighted by Crippen LogP contribution is -2.09. The minimum absolute atomic E-state index is 0. The highest BCUT2D eigenvalue weighted by atomic mass is 79.9. The molecular weight excluding hydrogens is 320 g/mol. The zero-order valence-electron chi connectivity index (χ0n) is 9.01. The Labute approximate surface area is 122 Å². The van der Waals surface area contributed by atoms with Crippen molar-refractivity contribution >= 4 is 50.5 Å². The molecule has 0 amide bonds. The number of alkyl halides is 1. The first kappa shape index (κ1) is 21.7. The summed E-state index contributed by atoms with van der Waals surface area (Å²) in [6.07, 6.45) is 3.23. The molecule has 0 aliphatic rings. The van der Waals surface area contributed by atoms with E-state index in [0.717, 1.165) is 0 Å². The number of hydrogen-bond acceptors (Lipinski definition) is 5. The van der Waals surface area contributed by atoms with Crippen LogP contribution in [0, 0.1) is 0 Å². The molecule has 1 heterocycles. The standard InChI is InChI=1S/C8H8BrNO.CH5N.CS2.CH4/c1-6(9)8(11)7-2-4-10-5-3-7;1-2;2-1-3;/h2-6H,1H3;2H2,1H3;;1H4. The summed E-state index contributed by atoms with van der Waals surface area (Å²) in [5.74, 6) is 0.0902. The average molecular weight is 337 g/mol. The van der Waals surface area contributed by atoms with E-state index in [1.54, 1.807) is 24.5 Å². The average Bonchev–Trinajstić information content (AvgIpc) is 2.33. The maximum Gasteiger partial charge on any atom is 0.176 e. The van der Waals surface area contributed by atoms with Crippen LogP contribution in [0.15, 0.2) is 24.5 Å². The molecule has 0 aliphatic carbocycles. The molecule has 0 bridgehead atoms. The predicted molar refractivity (Wildman–Crippen MR) is 84.0 cm³/mol. The van der Waals surface area contributed by atoms with E-state index in [2.05, 4.69) is 51.1 Å². The van der Waals surface area contributed by atoms with E-state index in [1.165, 1.54) is 7.05 Å². The largest absolute Gasteiger partial charge is 0.333 e. The number of aromatic nitrogens is 1. The van der Waals surface area contributed by atoms with Crippen LogP contribution in [-0.2, 0) is 0 Å². The number of carbonyl (C=O) groups excluding carboxylic acids is 1. The third-order valence-electron chi connectivity index (χ3n) is 1.33. The summed E-state index contributed by atoms with van der Waals surface area (Å²) in [5, 5.41) is 0. The van der Waals surface area contributed by atoms with Crippen LogP contribution in [-0.4, -0.2) is 27.0 Å². The molecule has 0 fully saturated rings. The first-order valence-corrected chi connectivity index (χ1v) is 6.02. The van der Waals surface area contributed by atoms with Crippen LogP contribution >= 0.6 is 40.4 Å². The Morgan fingerprint density at radius 2 is 1.76 bits per heavy atom. The van der Waals surface area contributed by atoms with Crippen molar-refractivity contribution in [1.82, 2.24) is 4.98 Å². The number of thiocarbonyl (C=S) groups is 2. The number of rotatable bonds is 2. The molecule has 1 unspecified atom stereocenters. The molecule has 6 heteroatoms. The molecule has 96 valence electrons. The highest BCUT2D eigenvalue weighted by molar-refractivity contribution is 9.10. The minimum Gasteiger partial charge on any atom is -0.333 e. The number of halogens is 1. The minimum atomic E-state index is -0.120. The number of hydrogen-bond donors (Lipinski definition) is 1. The van der Waals surface area contributed by atoms with Gasteiger partial charge in [0.1, 0.15) is 0 Å². The van der Waals surface area contributed by atoms with Gasteiger partial charge in [0.25, 0.3) is 0 Å². The van der Waals surface area contributed by atoms with Crippen molar-refractivity contribution in [2.24, 2.45) is 5.73 Å². The molecule has 0 saturated carbocycles. The highest BCUT2D eigenvalue weighted by Gasteiger charge is 2.10. The van der Waals surface area contributed by atoms with Gasteiger partial charge in [-0.25, -0.2) is 0 Å². The molecule has 0 spiro atoms. The zero-order valence-corrected chi connectivity index (χ0v) is 12.2. The fraction of sp³-hybridized carbons (Fsp3) is 0.364. The number of Topliss-reactive ketones (excluding diaryl/α,β-unsaturated/α-hetero) is 1. The molecule has 0 saturated heterocycles. The Bertz CT molecular complexity index is 326. The highest BCUT2D eigenvalue weighted by Crippen LogP contribution is 2.07. The van der Waals surface area contributed by atoms with Gasteiger partial charge in [-0.3, -0.25) is 9.78 Å². The number of pyridine rings is 1. The van der Waals surface area contributed by atoms with Crippen LogP contribution in [0.2, 0.25) is 0 Å². The van der Waals surface area contributed by atoms with Crippen molar-refractivity contribution in [3.05, 3.63) is 30.1 Å². The fourth-order valence-corrected chi connectivity index (χ4v) is 1.01. The second-order valence-electron chi connectivity index (χ2n) is 2.30. The number of ketones is 1. The van der Waals surface area contributed by atoms with Crippen LogP contribution in [0.3, 0.4) is 0 Å². The van der Waals surface area contributed by atoms with Crippen LogP contribution in [0.1, 0.15) is 24.7 Å². The van der Waals surface area contributed by atoms with Crippen molar-refractivity contribution in [3.8, 4) is 0 Å². The lowest BCUT2D eigenvalue weighted by Gasteiger charge is -2.00. The normalized spacial score (nSPS) is 8.94. The number of carbonyl (C=O) groups is 1. The van der Waals surface area contributed by atoms with E-state index in [4.69, 9.17) is 0 Å². The first-order valence-electron chi connectivity index (χ1n) is 4.28. The molecule has 1 aromatic heterocycles. The summed E-state index contributed by atoms with van der Waals surface area (Å²) in [5.41, 5.74) is 5.20. The van der Waals surface area contributed by atoms with Crippen molar-refractivity contribution in [3.63, 3.8) is 0 Å². The van der Waals surface area contributed by atoms with Crippen molar-refractivity contribution in [2.75, 3.05) is 7.05 Å². The molecule has 0 radical (unpaired) electrons. The summed E-state index contributed by atoms with van der Waals surface area (Å²) in [7, 11) is 1.50. The molecule has 1 aromatic rings. The van der Waals surface area contributed by atoms with Crippen LogP contribution in [0.25, 0.3) is 0 Å².